The van der Waals surface area contributed by atoms with Gasteiger partial charge >= 0.3 is 0 Å². The summed E-state index contributed by atoms with van der Waals surface area (Å²) in [6.45, 7) is -0.543. The minimum Gasteiger partial charge on any atom is -0.240 e. The van der Waals surface area contributed by atoms with Crippen molar-refractivity contribution in [2.75, 3.05) is 26.2 Å². The molecular weight excluding hydrogens is 450 g/mol. The van der Waals surface area contributed by atoms with Gasteiger partial charge in [-0.1, -0.05) is 18.2 Å². The molecule has 0 aliphatic carbocycles. The average molecular weight is 469 g/mol. The molecule has 1 fully saturated rings. The second-order valence-electron chi connectivity index (χ2n) is 6.84. The highest BCUT2D eigenvalue weighted by Crippen LogP contribution is 2.24. The third-order valence-electron chi connectivity index (χ3n) is 4.93. The molecule has 3 aromatic rings. The number of piperazine rings is 1. The molecule has 1 aliphatic heterocycles. The molecule has 1 aliphatic rings. The number of halogens is 2. The Labute approximate surface area is 178 Å². The molecule has 0 spiro atoms. The van der Waals surface area contributed by atoms with E-state index in [0.717, 1.165) is 20.7 Å². The molecule has 8 nitrogen and oxygen atoms in total. The van der Waals surface area contributed by atoms with E-state index in [2.05, 4.69) is 5.10 Å². The first-order chi connectivity index (χ1) is 14.7. The minimum absolute atomic E-state index is 0.0164. The van der Waals surface area contributed by atoms with Crippen LogP contribution in [0.1, 0.15) is 0 Å². The molecule has 0 amide bonds. The standard InChI is InChI=1S/C19H18F2N4O4S2/c20-15-6-7-19(18(21)12-15)31(28,29)24-10-8-23(9-11-24)30(26,27)17-13-22-25(14-17)16-4-2-1-3-5-16/h1-7,12-14H,8-11H2. The van der Waals surface area contributed by atoms with Crippen LogP contribution in [0.15, 0.2) is 70.7 Å². The number of hydrogen-bond acceptors (Lipinski definition) is 5. The summed E-state index contributed by atoms with van der Waals surface area (Å²) >= 11 is 0. The van der Waals surface area contributed by atoms with E-state index in [4.69, 9.17) is 0 Å². The molecular formula is C19H18F2N4O4S2. The van der Waals surface area contributed by atoms with E-state index in [1.165, 1.54) is 17.1 Å². The van der Waals surface area contributed by atoms with Gasteiger partial charge in [-0.15, -0.1) is 0 Å². The first-order valence-electron chi connectivity index (χ1n) is 9.25. The number of sulfonamides is 2. The highest BCUT2D eigenvalue weighted by Gasteiger charge is 2.35. The molecule has 0 bridgehead atoms. The topological polar surface area (TPSA) is 92.6 Å². The van der Waals surface area contributed by atoms with E-state index in [-0.39, 0.29) is 31.1 Å². The van der Waals surface area contributed by atoms with Gasteiger partial charge in [0.05, 0.1) is 18.1 Å². The largest absolute Gasteiger partial charge is 0.246 e. The van der Waals surface area contributed by atoms with Gasteiger partial charge < -0.3 is 0 Å². The molecule has 0 unspecified atom stereocenters. The van der Waals surface area contributed by atoms with Gasteiger partial charge in [-0.25, -0.2) is 30.3 Å². The third-order valence-corrected chi connectivity index (χ3v) is 8.71. The fourth-order valence-corrected chi connectivity index (χ4v) is 6.11. The molecule has 0 radical (unpaired) electrons. The van der Waals surface area contributed by atoms with Crippen molar-refractivity contribution in [3.8, 4) is 5.69 Å². The molecule has 2 aromatic carbocycles. The summed E-state index contributed by atoms with van der Waals surface area (Å²) < 4.78 is 81.9. The molecule has 2 heterocycles. The monoisotopic (exact) mass is 468 g/mol. The zero-order valence-corrected chi connectivity index (χ0v) is 17.7. The van der Waals surface area contributed by atoms with E-state index in [1.807, 2.05) is 6.07 Å². The number of nitrogens with zero attached hydrogens (tertiary/aromatic N) is 4. The van der Waals surface area contributed by atoms with E-state index in [0.29, 0.717) is 11.8 Å². The van der Waals surface area contributed by atoms with Crippen LogP contribution in [0.4, 0.5) is 8.78 Å². The maximum atomic E-state index is 14.0. The Balaban J connectivity index is 1.50. The van der Waals surface area contributed by atoms with Gasteiger partial charge in [-0.2, -0.15) is 13.7 Å². The first kappa shape index (κ1) is 21.6. The Morgan fingerprint density at radius 2 is 1.42 bits per heavy atom. The highest BCUT2D eigenvalue weighted by atomic mass is 32.2. The summed E-state index contributed by atoms with van der Waals surface area (Å²) in [5.74, 6) is -2.08. The van der Waals surface area contributed by atoms with Gasteiger partial charge in [0.15, 0.2) is 0 Å². The molecule has 12 heteroatoms. The number of para-hydroxylation sites is 1. The van der Waals surface area contributed by atoms with Gasteiger partial charge in [-0.3, -0.25) is 0 Å². The van der Waals surface area contributed by atoms with E-state index >= 15 is 0 Å². The van der Waals surface area contributed by atoms with Crippen LogP contribution in [-0.2, 0) is 20.0 Å². The lowest BCUT2D eigenvalue weighted by Gasteiger charge is -2.33. The molecule has 164 valence electrons. The molecule has 0 N–H and O–H groups in total. The Bertz CT molecular complexity index is 1300. The van der Waals surface area contributed by atoms with Crippen LogP contribution in [0.3, 0.4) is 0 Å². The molecule has 4 rings (SSSR count). The number of benzene rings is 2. The van der Waals surface area contributed by atoms with Gasteiger partial charge in [0.2, 0.25) is 20.0 Å². The van der Waals surface area contributed by atoms with Gasteiger partial charge in [0.25, 0.3) is 0 Å². The van der Waals surface area contributed by atoms with Crippen LogP contribution in [0.2, 0.25) is 0 Å². The minimum atomic E-state index is -4.22. The van der Waals surface area contributed by atoms with E-state index in [9.17, 15) is 25.6 Å². The number of hydrogen-bond donors (Lipinski definition) is 0. The quantitative estimate of drug-likeness (QED) is 0.570. The van der Waals surface area contributed by atoms with Crippen LogP contribution < -0.4 is 0 Å². The summed E-state index contributed by atoms with van der Waals surface area (Å²) in [6.07, 6.45) is 2.63. The third kappa shape index (κ3) is 4.11. The lowest BCUT2D eigenvalue weighted by molar-refractivity contribution is 0.272. The zero-order valence-electron chi connectivity index (χ0n) is 16.1. The summed E-state index contributed by atoms with van der Waals surface area (Å²) in [7, 11) is -8.11. The van der Waals surface area contributed by atoms with Gasteiger partial charge in [-0.05, 0) is 24.3 Å². The maximum absolute atomic E-state index is 14.0. The van der Waals surface area contributed by atoms with Crippen molar-refractivity contribution in [1.82, 2.24) is 18.4 Å². The lowest BCUT2D eigenvalue weighted by atomic mass is 10.3. The van der Waals surface area contributed by atoms with Crippen molar-refractivity contribution in [1.29, 1.82) is 0 Å². The Hall–Kier alpha value is -2.67. The zero-order chi connectivity index (χ0) is 22.2. The predicted octanol–water partition coefficient (Wildman–Crippen LogP) is 1.85. The van der Waals surface area contributed by atoms with Crippen molar-refractivity contribution in [3.63, 3.8) is 0 Å². The highest BCUT2D eigenvalue weighted by molar-refractivity contribution is 7.89. The van der Waals surface area contributed by atoms with Crippen LogP contribution in [-0.4, -0.2) is 61.4 Å². The van der Waals surface area contributed by atoms with Crippen molar-refractivity contribution >= 4 is 20.0 Å². The SMILES string of the molecule is O=S(=O)(c1cnn(-c2ccccc2)c1)N1CCN(S(=O)(=O)c2ccc(F)cc2F)CC1. The van der Waals surface area contributed by atoms with E-state index in [1.54, 1.807) is 24.3 Å². The normalized spacial score (nSPS) is 16.5. The molecule has 0 atom stereocenters. The van der Waals surface area contributed by atoms with Crippen molar-refractivity contribution in [2.24, 2.45) is 0 Å². The summed E-state index contributed by atoms with van der Waals surface area (Å²) in [4.78, 5) is -0.661. The van der Waals surface area contributed by atoms with E-state index < -0.39 is 36.6 Å². The average Bonchev–Trinajstić information content (AvgIpc) is 3.25. The van der Waals surface area contributed by atoms with Gasteiger partial charge in [0.1, 0.15) is 21.4 Å². The molecule has 31 heavy (non-hydrogen) atoms. The second kappa shape index (κ2) is 8.11. The fraction of sp³-hybridized carbons (Fsp3) is 0.211. The molecule has 1 saturated heterocycles. The van der Waals surface area contributed by atoms with Crippen molar-refractivity contribution in [2.45, 2.75) is 9.79 Å². The Morgan fingerprint density at radius 1 is 0.806 bits per heavy atom. The molecule has 1 aromatic heterocycles. The fourth-order valence-electron chi connectivity index (χ4n) is 3.28. The van der Waals surface area contributed by atoms with Gasteiger partial charge in [0, 0.05) is 32.2 Å². The van der Waals surface area contributed by atoms with Crippen LogP contribution in [0, 0.1) is 11.6 Å². The Morgan fingerprint density at radius 3 is 2.03 bits per heavy atom. The van der Waals surface area contributed by atoms with Crippen LogP contribution >= 0.6 is 0 Å². The second-order valence-corrected chi connectivity index (χ2v) is 10.7. The van der Waals surface area contributed by atoms with Crippen LogP contribution in [0.5, 0.6) is 0 Å². The predicted molar refractivity (Wildman–Crippen MR) is 107 cm³/mol. The molecule has 0 saturated carbocycles. The maximum Gasteiger partial charge on any atom is 0.246 e. The van der Waals surface area contributed by atoms with Crippen molar-refractivity contribution in [3.05, 3.63) is 72.6 Å². The number of aromatic nitrogens is 2. The lowest BCUT2D eigenvalue weighted by Crippen LogP contribution is -2.50. The summed E-state index contributed by atoms with van der Waals surface area (Å²) in [5.41, 5.74) is 0.696. The summed E-state index contributed by atoms with van der Waals surface area (Å²) in [6, 6.07) is 11.2. The Kier molecular flexibility index (Phi) is 5.64. The first-order valence-corrected chi connectivity index (χ1v) is 12.1. The smallest absolute Gasteiger partial charge is 0.240 e. The summed E-state index contributed by atoms with van der Waals surface area (Å²) in [5, 5.41) is 4.09. The van der Waals surface area contributed by atoms with Crippen LogP contribution in [0.25, 0.3) is 5.69 Å². The number of rotatable bonds is 5. The van der Waals surface area contributed by atoms with Crippen molar-refractivity contribution < 1.29 is 25.6 Å².